The van der Waals surface area contributed by atoms with E-state index in [4.69, 9.17) is 0 Å². The average molecular weight is 298 g/mol. The van der Waals surface area contributed by atoms with Crippen LogP contribution < -0.4 is 0 Å². The first kappa shape index (κ1) is 14.0. The predicted molar refractivity (Wildman–Crippen MR) is 97.1 cm³/mol. The van der Waals surface area contributed by atoms with Crippen LogP contribution >= 0.6 is 0 Å². The Hall–Kier alpha value is -2.67. The van der Waals surface area contributed by atoms with Crippen molar-refractivity contribution >= 4 is 27.3 Å². The molecule has 0 N–H and O–H groups in total. The van der Waals surface area contributed by atoms with E-state index in [2.05, 4.69) is 66.7 Å². The summed E-state index contributed by atoms with van der Waals surface area (Å²) in [6, 6.07) is 23.5. The van der Waals surface area contributed by atoms with E-state index in [1.807, 2.05) is 0 Å². The smallest absolute Gasteiger partial charge is 0.130 e. The molecule has 0 aliphatic heterocycles. The lowest BCUT2D eigenvalue weighted by Crippen LogP contribution is -1.94. The van der Waals surface area contributed by atoms with Gasteiger partial charge in [-0.1, -0.05) is 66.7 Å². The Kier molecular flexibility index (Phi) is 3.34. The largest absolute Gasteiger partial charge is 0.300 e. The van der Waals surface area contributed by atoms with Crippen LogP contribution in [0.3, 0.4) is 0 Å². The molecule has 2 aliphatic carbocycles. The van der Waals surface area contributed by atoms with Gasteiger partial charge in [0.15, 0.2) is 0 Å². The van der Waals surface area contributed by atoms with Crippen LogP contribution in [0.4, 0.5) is 0 Å². The molecular formula is C22H18O. The Morgan fingerprint density at radius 3 is 2.35 bits per heavy atom. The summed E-state index contributed by atoms with van der Waals surface area (Å²) in [7, 11) is 0. The predicted octanol–water partition coefficient (Wildman–Crippen LogP) is 5.62. The fourth-order valence-electron chi connectivity index (χ4n) is 3.56. The van der Waals surface area contributed by atoms with Gasteiger partial charge in [-0.2, -0.15) is 0 Å². The van der Waals surface area contributed by atoms with Gasteiger partial charge < -0.3 is 4.79 Å². The maximum atomic E-state index is 11.5. The molecule has 0 amide bonds. The summed E-state index contributed by atoms with van der Waals surface area (Å²) in [5.74, 6) is 0.244. The van der Waals surface area contributed by atoms with Crippen LogP contribution in [-0.4, -0.2) is 5.78 Å². The number of fused-ring (bicyclic) bond motifs is 5. The van der Waals surface area contributed by atoms with Gasteiger partial charge in [0, 0.05) is 6.42 Å². The van der Waals surface area contributed by atoms with E-state index in [1.165, 1.54) is 38.2 Å². The molecule has 1 nitrogen and oxygen atoms in total. The molecule has 0 atom stereocenters. The molecule has 0 heterocycles. The molecule has 0 bridgehead atoms. The molecule has 1 heteroatoms. The van der Waals surface area contributed by atoms with Crippen LogP contribution in [0.5, 0.6) is 0 Å². The van der Waals surface area contributed by atoms with Gasteiger partial charge >= 0.3 is 0 Å². The highest BCUT2D eigenvalue weighted by Gasteiger charge is 2.18. The summed E-state index contributed by atoms with van der Waals surface area (Å²) < 4.78 is 0. The third-order valence-electron chi connectivity index (χ3n) is 4.61. The highest BCUT2D eigenvalue weighted by Crippen LogP contribution is 2.42. The minimum Gasteiger partial charge on any atom is -0.300 e. The number of rotatable bonds is 3. The van der Waals surface area contributed by atoms with Gasteiger partial charge in [-0.3, -0.25) is 0 Å². The first-order chi connectivity index (χ1) is 11.3. The summed E-state index contributed by atoms with van der Waals surface area (Å²) >= 11 is 0. The first-order valence-electron chi connectivity index (χ1n) is 8.06. The molecule has 0 spiro atoms. The van der Waals surface area contributed by atoms with E-state index in [0.29, 0.717) is 6.42 Å². The topological polar surface area (TPSA) is 17.1 Å². The summed E-state index contributed by atoms with van der Waals surface area (Å²) in [5.41, 5.74) is 3.84. The number of Topliss-reactive ketones (excluding diaryl/α,β-unsaturated/α-hetero) is 1. The molecule has 112 valence electrons. The van der Waals surface area contributed by atoms with Gasteiger partial charge in [0.1, 0.15) is 5.78 Å². The second-order valence-electron chi connectivity index (χ2n) is 6.13. The van der Waals surface area contributed by atoms with E-state index >= 15 is 0 Å². The van der Waals surface area contributed by atoms with E-state index < -0.39 is 0 Å². The van der Waals surface area contributed by atoms with Crippen LogP contribution in [-0.2, 0) is 11.2 Å². The number of hydrogen-bond acceptors (Lipinski definition) is 1. The molecule has 2 aromatic carbocycles. The van der Waals surface area contributed by atoms with Crippen LogP contribution in [0.2, 0.25) is 0 Å². The van der Waals surface area contributed by atoms with Crippen molar-refractivity contribution in [1.29, 1.82) is 0 Å². The zero-order valence-electron chi connectivity index (χ0n) is 13.2. The van der Waals surface area contributed by atoms with E-state index in [0.717, 1.165) is 6.42 Å². The number of ketones is 1. The van der Waals surface area contributed by atoms with Crippen molar-refractivity contribution in [3.63, 3.8) is 0 Å². The molecular weight excluding hydrogens is 280 g/mol. The molecule has 23 heavy (non-hydrogen) atoms. The number of carbonyl (C=O) groups excluding carboxylic acids is 1. The van der Waals surface area contributed by atoms with Crippen molar-refractivity contribution in [2.45, 2.75) is 19.8 Å². The second kappa shape index (κ2) is 5.51. The normalized spacial score (nSPS) is 11.3. The van der Waals surface area contributed by atoms with Gasteiger partial charge in [0.2, 0.25) is 0 Å². The van der Waals surface area contributed by atoms with Crippen molar-refractivity contribution in [3.8, 4) is 11.1 Å². The molecule has 0 aromatic heterocycles. The lowest BCUT2D eigenvalue weighted by molar-refractivity contribution is -0.116. The Balaban J connectivity index is 2.11. The summed E-state index contributed by atoms with van der Waals surface area (Å²) in [6.07, 6.45) is 1.40. The molecule has 0 unspecified atom stereocenters. The van der Waals surface area contributed by atoms with Crippen LogP contribution in [0.15, 0.2) is 66.7 Å². The minimum absolute atomic E-state index is 0.244. The lowest BCUT2D eigenvalue weighted by Gasteiger charge is -2.02. The van der Waals surface area contributed by atoms with Crippen LogP contribution in [0.25, 0.3) is 32.7 Å². The number of hydrogen-bond donors (Lipinski definition) is 0. The van der Waals surface area contributed by atoms with Crippen molar-refractivity contribution in [1.82, 2.24) is 0 Å². The molecule has 0 radical (unpaired) electrons. The van der Waals surface area contributed by atoms with Gasteiger partial charge in [-0.15, -0.1) is 0 Å². The number of aryl methyl sites for hydroxylation is 1. The monoisotopic (exact) mass is 298 g/mol. The fraction of sp³-hybridized carbons (Fsp3) is 0.136. The maximum absolute atomic E-state index is 11.5. The third kappa shape index (κ3) is 2.29. The van der Waals surface area contributed by atoms with Crippen molar-refractivity contribution in [2.24, 2.45) is 0 Å². The minimum atomic E-state index is 0.244. The van der Waals surface area contributed by atoms with E-state index in [9.17, 15) is 4.79 Å². The van der Waals surface area contributed by atoms with Crippen molar-refractivity contribution < 1.29 is 4.79 Å². The highest BCUT2D eigenvalue weighted by molar-refractivity contribution is 6.19. The Bertz CT molecular complexity index is 997. The molecule has 4 rings (SSSR count). The SMILES string of the molecule is CC(=O)CCc1c2cccccc-2c2c1ccc1ccccc12. The highest BCUT2D eigenvalue weighted by atomic mass is 16.1. The molecule has 0 saturated carbocycles. The summed E-state index contributed by atoms with van der Waals surface area (Å²) in [4.78, 5) is 11.5. The number of carbonyl (C=O) groups is 1. The number of benzene rings is 2. The Labute approximate surface area is 135 Å². The van der Waals surface area contributed by atoms with Crippen molar-refractivity contribution in [3.05, 3.63) is 72.3 Å². The van der Waals surface area contributed by atoms with Gasteiger partial charge in [-0.05, 0) is 51.6 Å². The zero-order chi connectivity index (χ0) is 15.8. The van der Waals surface area contributed by atoms with Gasteiger partial charge in [-0.25, -0.2) is 0 Å². The zero-order valence-corrected chi connectivity index (χ0v) is 13.2. The van der Waals surface area contributed by atoms with Crippen molar-refractivity contribution in [2.75, 3.05) is 0 Å². The second-order valence-corrected chi connectivity index (χ2v) is 6.13. The van der Waals surface area contributed by atoms with Crippen LogP contribution in [0.1, 0.15) is 18.9 Å². The first-order valence-corrected chi connectivity index (χ1v) is 8.06. The molecule has 0 saturated heterocycles. The Morgan fingerprint density at radius 1 is 0.783 bits per heavy atom. The fourth-order valence-corrected chi connectivity index (χ4v) is 3.56. The van der Waals surface area contributed by atoms with E-state index in [1.54, 1.807) is 6.92 Å². The quantitative estimate of drug-likeness (QED) is 0.480. The summed E-state index contributed by atoms with van der Waals surface area (Å²) in [5, 5.41) is 5.14. The summed E-state index contributed by atoms with van der Waals surface area (Å²) in [6.45, 7) is 1.67. The van der Waals surface area contributed by atoms with Gasteiger partial charge in [0.25, 0.3) is 0 Å². The molecule has 2 aliphatic rings. The van der Waals surface area contributed by atoms with Gasteiger partial charge in [0.05, 0.1) is 0 Å². The standard InChI is InChI=1S/C22H18O/c1-15(23)11-13-19-18-9-3-2-4-10-20(18)22-17-8-6-5-7-16(17)12-14-21(19)22/h2-10,12,14H,11,13H2,1H3. The van der Waals surface area contributed by atoms with Crippen LogP contribution in [0, 0.1) is 0 Å². The van der Waals surface area contributed by atoms with E-state index in [-0.39, 0.29) is 5.78 Å². The molecule has 2 aromatic rings. The maximum Gasteiger partial charge on any atom is 0.130 e. The average Bonchev–Trinajstić information content (AvgIpc) is 2.70. The third-order valence-corrected chi connectivity index (χ3v) is 4.61. The Morgan fingerprint density at radius 2 is 1.52 bits per heavy atom. The lowest BCUT2D eigenvalue weighted by atomic mass is 10.0. The molecule has 0 fully saturated rings.